The summed E-state index contributed by atoms with van der Waals surface area (Å²) in [7, 11) is 0. The van der Waals surface area contributed by atoms with Gasteiger partial charge in [-0.2, -0.15) is 0 Å². The molecule has 0 fully saturated rings. The molecule has 0 bridgehead atoms. The van der Waals surface area contributed by atoms with Crippen LogP contribution in [0.15, 0.2) is 29.4 Å². The number of aliphatic hydroxyl groups excluding tert-OH is 1. The molecule has 0 radical (unpaired) electrons. The van der Waals surface area contributed by atoms with E-state index in [1.165, 1.54) is 11.1 Å². The average Bonchev–Trinajstić information content (AvgIpc) is 2.79. The fraction of sp³-hybridized carbons (Fsp3) is 0.562. The molecule has 0 amide bonds. The number of aryl methyl sites for hydroxylation is 1. The second-order valence-corrected chi connectivity index (χ2v) is 6.28. The van der Waals surface area contributed by atoms with Gasteiger partial charge in [-0.1, -0.05) is 29.4 Å². The number of benzene rings is 1. The van der Waals surface area contributed by atoms with Gasteiger partial charge >= 0.3 is 0 Å². The van der Waals surface area contributed by atoms with Crippen molar-refractivity contribution in [1.82, 2.24) is 5.32 Å². The number of hydrogen-bond donors (Lipinski definition) is 2. The van der Waals surface area contributed by atoms with E-state index in [1.807, 2.05) is 12.1 Å². The third-order valence-electron chi connectivity index (χ3n) is 3.27. The standard InChI is InChI=1S/C16H24N2O2/c1-16(2,3)17-10-13(19)11-20-18-15-9-8-12-6-4-5-7-14(12)15/h4-7,13,17,19H,8-11H2,1-3H3/b18-15+. The van der Waals surface area contributed by atoms with Gasteiger partial charge in [0.25, 0.3) is 0 Å². The van der Waals surface area contributed by atoms with E-state index in [9.17, 15) is 5.11 Å². The second-order valence-electron chi connectivity index (χ2n) is 6.28. The van der Waals surface area contributed by atoms with Crippen molar-refractivity contribution in [2.24, 2.45) is 5.16 Å². The zero-order chi connectivity index (χ0) is 14.6. The Morgan fingerprint density at radius 3 is 2.80 bits per heavy atom. The molecule has 0 aliphatic heterocycles. The van der Waals surface area contributed by atoms with Crippen LogP contribution in [0.4, 0.5) is 0 Å². The molecule has 2 N–H and O–H groups in total. The summed E-state index contributed by atoms with van der Waals surface area (Å²) in [6.45, 7) is 6.92. The molecule has 0 heterocycles. The molecule has 0 aromatic heterocycles. The van der Waals surface area contributed by atoms with Gasteiger partial charge in [-0.25, -0.2) is 0 Å². The first-order valence-electron chi connectivity index (χ1n) is 7.16. The number of nitrogens with zero attached hydrogens (tertiary/aromatic N) is 1. The van der Waals surface area contributed by atoms with Gasteiger partial charge in [0.1, 0.15) is 12.7 Å². The van der Waals surface area contributed by atoms with Gasteiger partial charge in [0, 0.05) is 17.6 Å². The van der Waals surface area contributed by atoms with E-state index in [1.54, 1.807) is 0 Å². The first-order chi connectivity index (χ1) is 9.46. The van der Waals surface area contributed by atoms with Crippen molar-refractivity contribution in [1.29, 1.82) is 0 Å². The van der Waals surface area contributed by atoms with Crippen molar-refractivity contribution >= 4 is 5.71 Å². The Labute approximate surface area is 120 Å². The first kappa shape index (κ1) is 15.0. The summed E-state index contributed by atoms with van der Waals surface area (Å²) in [6, 6.07) is 8.26. The lowest BCUT2D eigenvalue weighted by atomic mass is 10.1. The lowest BCUT2D eigenvalue weighted by Crippen LogP contribution is -2.42. The van der Waals surface area contributed by atoms with Crippen LogP contribution in [0.5, 0.6) is 0 Å². The predicted molar refractivity (Wildman–Crippen MR) is 81.0 cm³/mol. The van der Waals surface area contributed by atoms with Gasteiger partial charge in [-0.05, 0) is 39.2 Å². The molecular formula is C16H24N2O2. The van der Waals surface area contributed by atoms with Crippen LogP contribution in [0.25, 0.3) is 0 Å². The number of oxime groups is 1. The Bertz CT molecular complexity index is 478. The summed E-state index contributed by atoms with van der Waals surface area (Å²) in [4.78, 5) is 5.30. The highest BCUT2D eigenvalue weighted by atomic mass is 16.6. The molecule has 1 unspecified atom stereocenters. The maximum atomic E-state index is 9.82. The van der Waals surface area contributed by atoms with Gasteiger partial charge in [-0.3, -0.25) is 0 Å². The number of rotatable bonds is 5. The van der Waals surface area contributed by atoms with E-state index in [4.69, 9.17) is 4.84 Å². The van der Waals surface area contributed by atoms with Crippen molar-refractivity contribution in [3.8, 4) is 0 Å². The smallest absolute Gasteiger partial charge is 0.144 e. The van der Waals surface area contributed by atoms with Gasteiger partial charge in [0.05, 0.1) is 5.71 Å². The quantitative estimate of drug-likeness (QED) is 0.810. The number of fused-ring (bicyclic) bond motifs is 1. The molecule has 1 aliphatic rings. The lowest BCUT2D eigenvalue weighted by molar-refractivity contribution is 0.0371. The minimum Gasteiger partial charge on any atom is -0.393 e. The maximum Gasteiger partial charge on any atom is 0.144 e. The number of β-amino-alcohol motifs (C(OH)–C–C–N with tert-alkyl or cyclic N) is 1. The van der Waals surface area contributed by atoms with E-state index < -0.39 is 6.10 Å². The zero-order valence-corrected chi connectivity index (χ0v) is 12.5. The van der Waals surface area contributed by atoms with E-state index in [2.05, 4.69) is 43.4 Å². The highest BCUT2D eigenvalue weighted by Crippen LogP contribution is 2.22. The molecule has 2 rings (SSSR count). The Kier molecular flexibility index (Phi) is 4.78. The molecule has 1 atom stereocenters. The summed E-state index contributed by atoms with van der Waals surface area (Å²) in [5.74, 6) is 0. The minimum absolute atomic E-state index is 0.00271. The van der Waals surface area contributed by atoms with Gasteiger partial charge < -0.3 is 15.3 Å². The monoisotopic (exact) mass is 276 g/mol. The second kappa shape index (κ2) is 6.37. The molecule has 110 valence electrons. The van der Waals surface area contributed by atoms with Crippen LogP contribution in [0.3, 0.4) is 0 Å². The van der Waals surface area contributed by atoms with E-state index >= 15 is 0 Å². The number of nitrogens with one attached hydrogen (secondary N) is 1. The van der Waals surface area contributed by atoms with Gasteiger partial charge in [0.15, 0.2) is 0 Å². The Morgan fingerprint density at radius 2 is 2.05 bits per heavy atom. The van der Waals surface area contributed by atoms with Gasteiger partial charge in [-0.15, -0.1) is 0 Å². The minimum atomic E-state index is -0.546. The summed E-state index contributed by atoms with van der Waals surface area (Å²) in [5.41, 5.74) is 3.48. The first-order valence-corrected chi connectivity index (χ1v) is 7.16. The van der Waals surface area contributed by atoms with Crippen molar-refractivity contribution in [3.63, 3.8) is 0 Å². The normalized spacial score (nSPS) is 18.1. The molecule has 1 aliphatic carbocycles. The lowest BCUT2D eigenvalue weighted by Gasteiger charge is -2.22. The topological polar surface area (TPSA) is 53.8 Å². The van der Waals surface area contributed by atoms with Crippen LogP contribution in [0.1, 0.15) is 38.3 Å². The van der Waals surface area contributed by atoms with Crippen LogP contribution in [0.2, 0.25) is 0 Å². The van der Waals surface area contributed by atoms with Crippen LogP contribution in [0, 0.1) is 0 Å². The molecular weight excluding hydrogens is 252 g/mol. The van der Waals surface area contributed by atoms with Gasteiger partial charge in [0.2, 0.25) is 0 Å². The average molecular weight is 276 g/mol. The van der Waals surface area contributed by atoms with Crippen molar-refractivity contribution in [3.05, 3.63) is 35.4 Å². The summed E-state index contributed by atoms with van der Waals surface area (Å²) in [5, 5.41) is 17.2. The number of hydrogen-bond acceptors (Lipinski definition) is 4. The largest absolute Gasteiger partial charge is 0.393 e. The van der Waals surface area contributed by atoms with Crippen LogP contribution >= 0.6 is 0 Å². The molecule has 0 saturated carbocycles. The molecule has 0 saturated heterocycles. The van der Waals surface area contributed by atoms with E-state index in [0.717, 1.165) is 18.6 Å². The van der Waals surface area contributed by atoms with Crippen molar-refractivity contribution < 1.29 is 9.94 Å². The summed E-state index contributed by atoms with van der Waals surface area (Å²) >= 11 is 0. The van der Waals surface area contributed by atoms with E-state index in [-0.39, 0.29) is 12.1 Å². The molecule has 0 spiro atoms. The highest BCUT2D eigenvalue weighted by molar-refractivity contribution is 6.04. The molecule has 4 nitrogen and oxygen atoms in total. The third-order valence-corrected chi connectivity index (χ3v) is 3.27. The fourth-order valence-electron chi connectivity index (χ4n) is 2.19. The summed E-state index contributed by atoms with van der Waals surface area (Å²) < 4.78 is 0. The zero-order valence-electron chi connectivity index (χ0n) is 12.5. The SMILES string of the molecule is CC(C)(C)NCC(O)CO/N=C1\CCc2ccccc21. The Balaban J connectivity index is 1.80. The maximum absolute atomic E-state index is 9.82. The summed E-state index contributed by atoms with van der Waals surface area (Å²) in [6.07, 6.45) is 1.39. The Morgan fingerprint density at radius 1 is 1.30 bits per heavy atom. The third kappa shape index (κ3) is 4.32. The molecule has 1 aromatic carbocycles. The molecule has 20 heavy (non-hydrogen) atoms. The van der Waals surface area contributed by atoms with Crippen LogP contribution < -0.4 is 5.32 Å². The van der Waals surface area contributed by atoms with E-state index in [0.29, 0.717) is 6.54 Å². The highest BCUT2D eigenvalue weighted by Gasteiger charge is 2.17. The molecule has 4 heteroatoms. The van der Waals surface area contributed by atoms with Crippen molar-refractivity contribution in [2.75, 3.05) is 13.2 Å². The van der Waals surface area contributed by atoms with Crippen molar-refractivity contribution in [2.45, 2.75) is 45.3 Å². The molecule has 1 aromatic rings. The number of aliphatic hydroxyl groups is 1. The van der Waals surface area contributed by atoms with Crippen LogP contribution in [-0.4, -0.2) is 35.6 Å². The van der Waals surface area contributed by atoms with Crippen LogP contribution in [-0.2, 0) is 11.3 Å². The fourth-order valence-corrected chi connectivity index (χ4v) is 2.19. The predicted octanol–water partition coefficient (Wildman–Crippen LogP) is 2.10. The Hall–Kier alpha value is -1.39.